The van der Waals surface area contributed by atoms with Crippen molar-refractivity contribution in [2.24, 2.45) is 0 Å². The number of nitrogens with zero attached hydrogens (tertiary/aromatic N) is 2. The Bertz CT molecular complexity index is 433. The summed E-state index contributed by atoms with van der Waals surface area (Å²) in [6.07, 6.45) is 0. The summed E-state index contributed by atoms with van der Waals surface area (Å²) in [6, 6.07) is 5.86. The number of amides is 1. The molecule has 0 aliphatic heterocycles. The molecule has 0 spiro atoms. The first kappa shape index (κ1) is 14.4. The van der Waals surface area contributed by atoms with Crippen LogP contribution in [0, 0.1) is 5.82 Å². The van der Waals surface area contributed by atoms with E-state index in [1.165, 1.54) is 17.0 Å². The van der Waals surface area contributed by atoms with E-state index >= 15 is 0 Å². The smallest absolute Gasteiger partial charge is 0.241 e. The Hall–Kier alpha value is -1.69. The van der Waals surface area contributed by atoms with Gasteiger partial charge in [-0.3, -0.25) is 4.79 Å². The first-order valence-corrected chi connectivity index (χ1v) is 5.79. The average Bonchev–Trinajstić information content (AvgIpc) is 2.31. The van der Waals surface area contributed by atoms with E-state index in [4.69, 9.17) is 12.2 Å². The Balaban J connectivity index is 2.54. The van der Waals surface area contributed by atoms with E-state index in [1.807, 2.05) is 0 Å². The maximum Gasteiger partial charge on any atom is 0.241 e. The van der Waals surface area contributed by atoms with Gasteiger partial charge in [-0.2, -0.15) is 0 Å². The SMILES string of the molecule is CN(C)C(=O)CN(C)C(=S)Nc1ccc(F)cc1. The number of carbonyl (C=O) groups is 1. The zero-order valence-corrected chi connectivity index (χ0v) is 11.4. The number of rotatable bonds is 3. The Labute approximate surface area is 111 Å². The number of carbonyl (C=O) groups excluding carboxylic acids is 1. The van der Waals surface area contributed by atoms with Gasteiger partial charge >= 0.3 is 0 Å². The van der Waals surface area contributed by atoms with Crippen molar-refractivity contribution < 1.29 is 9.18 Å². The van der Waals surface area contributed by atoms with Crippen molar-refractivity contribution in [3.05, 3.63) is 30.1 Å². The molecule has 18 heavy (non-hydrogen) atoms. The third-order valence-corrected chi connectivity index (χ3v) is 2.73. The lowest BCUT2D eigenvalue weighted by Gasteiger charge is -2.22. The lowest BCUT2D eigenvalue weighted by atomic mass is 10.3. The lowest BCUT2D eigenvalue weighted by molar-refractivity contribution is -0.128. The molecule has 0 saturated carbocycles. The van der Waals surface area contributed by atoms with Gasteiger partial charge in [0.1, 0.15) is 5.82 Å². The van der Waals surface area contributed by atoms with Crippen LogP contribution in [0.15, 0.2) is 24.3 Å². The van der Waals surface area contributed by atoms with Gasteiger partial charge in [0.25, 0.3) is 0 Å². The van der Waals surface area contributed by atoms with Crippen LogP contribution in [0.25, 0.3) is 0 Å². The van der Waals surface area contributed by atoms with Crippen LogP contribution in [0.2, 0.25) is 0 Å². The van der Waals surface area contributed by atoms with Gasteiger partial charge in [0.05, 0.1) is 6.54 Å². The van der Waals surface area contributed by atoms with Gasteiger partial charge in [-0.1, -0.05) is 0 Å². The minimum atomic E-state index is -0.303. The zero-order chi connectivity index (χ0) is 13.7. The molecule has 0 heterocycles. The molecule has 1 amide bonds. The number of thiocarbonyl (C=S) groups is 1. The molecule has 0 unspecified atom stereocenters. The Kier molecular flexibility index (Phi) is 5.03. The van der Waals surface area contributed by atoms with Crippen LogP contribution in [0.4, 0.5) is 10.1 Å². The first-order valence-electron chi connectivity index (χ1n) is 5.38. The van der Waals surface area contributed by atoms with E-state index in [1.54, 1.807) is 38.2 Å². The van der Waals surface area contributed by atoms with Gasteiger partial charge in [0.2, 0.25) is 5.91 Å². The van der Waals surface area contributed by atoms with Crippen LogP contribution in [0.5, 0.6) is 0 Å². The summed E-state index contributed by atoms with van der Waals surface area (Å²) < 4.78 is 12.7. The predicted molar refractivity (Wildman–Crippen MR) is 73.9 cm³/mol. The summed E-state index contributed by atoms with van der Waals surface area (Å²) in [4.78, 5) is 14.6. The van der Waals surface area contributed by atoms with Gasteiger partial charge in [-0.25, -0.2) is 4.39 Å². The van der Waals surface area contributed by atoms with Crippen LogP contribution in [0.1, 0.15) is 0 Å². The fourth-order valence-corrected chi connectivity index (χ4v) is 1.35. The van der Waals surface area contributed by atoms with E-state index in [-0.39, 0.29) is 18.3 Å². The number of halogens is 1. The van der Waals surface area contributed by atoms with Gasteiger partial charge < -0.3 is 15.1 Å². The summed E-state index contributed by atoms with van der Waals surface area (Å²) in [6.45, 7) is 0.194. The summed E-state index contributed by atoms with van der Waals surface area (Å²) in [5.41, 5.74) is 0.686. The van der Waals surface area contributed by atoms with E-state index in [0.29, 0.717) is 10.8 Å². The maximum atomic E-state index is 12.7. The third kappa shape index (κ3) is 4.29. The van der Waals surface area contributed by atoms with Crippen molar-refractivity contribution in [1.82, 2.24) is 9.80 Å². The molecular formula is C12H16FN3OS. The van der Waals surface area contributed by atoms with Gasteiger partial charge in [-0.05, 0) is 36.5 Å². The number of anilines is 1. The van der Waals surface area contributed by atoms with E-state index in [0.717, 1.165) is 0 Å². The van der Waals surface area contributed by atoms with Crippen molar-refractivity contribution in [3.63, 3.8) is 0 Å². The second-order valence-corrected chi connectivity index (χ2v) is 4.47. The molecule has 1 rings (SSSR count). The normalized spacial score (nSPS) is 9.78. The van der Waals surface area contributed by atoms with Gasteiger partial charge in [-0.15, -0.1) is 0 Å². The van der Waals surface area contributed by atoms with Crippen molar-refractivity contribution in [2.45, 2.75) is 0 Å². The van der Waals surface area contributed by atoms with Crippen molar-refractivity contribution in [1.29, 1.82) is 0 Å². The van der Waals surface area contributed by atoms with Crippen LogP contribution < -0.4 is 5.32 Å². The molecule has 0 aromatic heterocycles. The number of hydrogen-bond donors (Lipinski definition) is 1. The summed E-state index contributed by atoms with van der Waals surface area (Å²) in [5, 5.41) is 3.35. The lowest BCUT2D eigenvalue weighted by Crippen LogP contribution is -2.39. The first-order chi connectivity index (χ1) is 8.40. The van der Waals surface area contributed by atoms with Crippen LogP contribution in [-0.2, 0) is 4.79 Å². The quantitative estimate of drug-likeness (QED) is 0.844. The highest BCUT2D eigenvalue weighted by Crippen LogP contribution is 2.09. The third-order valence-electron chi connectivity index (χ3n) is 2.31. The molecule has 0 fully saturated rings. The summed E-state index contributed by atoms with van der Waals surface area (Å²) in [5.74, 6) is -0.344. The topological polar surface area (TPSA) is 35.6 Å². The molecule has 1 aromatic carbocycles. The number of benzene rings is 1. The molecule has 1 N–H and O–H groups in total. The maximum absolute atomic E-state index is 12.7. The fraction of sp³-hybridized carbons (Fsp3) is 0.333. The number of likely N-dealkylation sites (N-methyl/N-ethyl adjacent to an activating group) is 2. The number of hydrogen-bond acceptors (Lipinski definition) is 2. The highest BCUT2D eigenvalue weighted by atomic mass is 32.1. The molecule has 0 bridgehead atoms. The minimum Gasteiger partial charge on any atom is -0.347 e. The molecule has 4 nitrogen and oxygen atoms in total. The monoisotopic (exact) mass is 269 g/mol. The molecule has 98 valence electrons. The molecule has 0 aliphatic carbocycles. The van der Waals surface area contributed by atoms with Crippen molar-refractivity contribution in [2.75, 3.05) is 33.0 Å². The van der Waals surface area contributed by atoms with Crippen LogP contribution in [0.3, 0.4) is 0 Å². The van der Waals surface area contributed by atoms with Crippen molar-refractivity contribution in [3.8, 4) is 0 Å². The average molecular weight is 269 g/mol. The molecule has 1 aromatic rings. The summed E-state index contributed by atoms with van der Waals surface area (Å²) >= 11 is 5.15. The molecular weight excluding hydrogens is 253 g/mol. The minimum absolute atomic E-state index is 0.0410. The van der Waals surface area contributed by atoms with Gasteiger partial charge in [0.15, 0.2) is 5.11 Å². The number of nitrogens with one attached hydrogen (secondary N) is 1. The van der Waals surface area contributed by atoms with E-state index in [2.05, 4.69) is 5.32 Å². The zero-order valence-electron chi connectivity index (χ0n) is 10.6. The Morgan fingerprint density at radius 1 is 1.28 bits per heavy atom. The van der Waals surface area contributed by atoms with Gasteiger partial charge in [0, 0.05) is 26.8 Å². The predicted octanol–water partition coefficient (Wildman–Crippen LogP) is 1.54. The molecule has 6 heteroatoms. The molecule has 0 radical (unpaired) electrons. The molecule has 0 aliphatic rings. The summed E-state index contributed by atoms with van der Waals surface area (Å²) in [7, 11) is 5.10. The molecule has 0 atom stereocenters. The fourth-order valence-electron chi connectivity index (χ4n) is 1.17. The van der Waals surface area contributed by atoms with E-state index < -0.39 is 0 Å². The highest BCUT2D eigenvalue weighted by Gasteiger charge is 2.11. The second-order valence-electron chi connectivity index (χ2n) is 4.08. The standard InChI is InChI=1S/C12H16FN3OS/c1-15(2)11(17)8-16(3)12(18)14-10-6-4-9(13)5-7-10/h4-7H,8H2,1-3H3,(H,14,18). The molecule has 0 saturated heterocycles. The van der Waals surface area contributed by atoms with Crippen LogP contribution >= 0.6 is 12.2 Å². The largest absolute Gasteiger partial charge is 0.347 e. The van der Waals surface area contributed by atoms with E-state index in [9.17, 15) is 9.18 Å². The Morgan fingerprint density at radius 2 is 1.83 bits per heavy atom. The van der Waals surface area contributed by atoms with Crippen LogP contribution in [-0.4, -0.2) is 48.5 Å². The Morgan fingerprint density at radius 3 is 2.33 bits per heavy atom. The van der Waals surface area contributed by atoms with Crippen molar-refractivity contribution >= 4 is 28.9 Å². The second kappa shape index (κ2) is 6.30. The highest BCUT2D eigenvalue weighted by molar-refractivity contribution is 7.80.